The minimum Gasteiger partial charge on any atom is -0.338 e. The van der Waals surface area contributed by atoms with Gasteiger partial charge in [0, 0.05) is 13.6 Å². The second-order valence-electron chi connectivity index (χ2n) is 4.02. The SMILES string of the molecule is CCc1nn(C)c(CNCc2nc(C)no2)c1Cl. The maximum absolute atomic E-state index is 6.24. The molecule has 2 aromatic heterocycles. The zero-order chi connectivity index (χ0) is 13.1. The van der Waals surface area contributed by atoms with Gasteiger partial charge in [0.05, 0.1) is 23.0 Å². The van der Waals surface area contributed by atoms with E-state index in [1.165, 1.54) is 0 Å². The highest BCUT2D eigenvalue weighted by Gasteiger charge is 2.12. The Labute approximate surface area is 110 Å². The van der Waals surface area contributed by atoms with E-state index >= 15 is 0 Å². The van der Waals surface area contributed by atoms with E-state index in [0.717, 1.165) is 22.8 Å². The van der Waals surface area contributed by atoms with Gasteiger partial charge < -0.3 is 9.84 Å². The zero-order valence-electron chi connectivity index (χ0n) is 10.7. The Bertz CT molecular complexity index is 534. The van der Waals surface area contributed by atoms with Crippen LogP contribution >= 0.6 is 11.6 Å². The Kier molecular flexibility index (Phi) is 3.98. The lowest BCUT2D eigenvalue weighted by Crippen LogP contribution is -2.15. The monoisotopic (exact) mass is 269 g/mol. The van der Waals surface area contributed by atoms with Gasteiger partial charge in [0.2, 0.25) is 5.89 Å². The first-order valence-electron chi connectivity index (χ1n) is 5.82. The van der Waals surface area contributed by atoms with E-state index in [0.29, 0.717) is 24.8 Å². The molecule has 0 aliphatic carbocycles. The van der Waals surface area contributed by atoms with Gasteiger partial charge in [-0.1, -0.05) is 23.7 Å². The fourth-order valence-corrected chi connectivity index (χ4v) is 2.07. The molecule has 6 nitrogen and oxygen atoms in total. The van der Waals surface area contributed by atoms with Crippen LogP contribution in [0.15, 0.2) is 4.52 Å². The first-order chi connectivity index (χ1) is 8.61. The highest BCUT2D eigenvalue weighted by Crippen LogP contribution is 2.20. The molecule has 0 aromatic carbocycles. The minimum absolute atomic E-state index is 0.518. The molecular formula is C11H16ClN5O. The third kappa shape index (κ3) is 2.70. The lowest BCUT2D eigenvalue weighted by Gasteiger charge is -2.03. The fourth-order valence-electron chi connectivity index (χ4n) is 1.71. The molecular weight excluding hydrogens is 254 g/mol. The van der Waals surface area contributed by atoms with Gasteiger partial charge in [0.1, 0.15) is 0 Å². The summed E-state index contributed by atoms with van der Waals surface area (Å²) < 4.78 is 6.81. The number of aryl methyl sites for hydroxylation is 3. The Hall–Kier alpha value is -1.40. The molecule has 0 aliphatic heterocycles. The molecule has 0 saturated heterocycles. The number of hydrogen-bond donors (Lipinski definition) is 1. The van der Waals surface area contributed by atoms with Crippen molar-refractivity contribution in [2.75, 3.05) is 0 Å². The van der Waals surface area contributed by atoms with Gasteiger partial charge in [-0.15, -0.1) is 0 Å². The van der Waals surface area contributed by atoms with Gasteiger partial charge >= 0.3 is 0 Å². The molecule has 2 aromatic rings. The summed E-state index contributed by atoms with van der Waals surface area (Å²) in [6.07, 6.45) is 0.829. The maximum Gasteiger partial charge on any atom is 0.240 e. The van der Waals surface area contributed by atoms with Crippen molar-refractivity contribution in [2.24, 2.45) is 7.05 Å². The van der Waals surface area contributed by atoms with E-state index in [2.05, 4.69) is 20.6 Å². The first-order valence-corrected chi connectivity index (χ1v) is 6.19. The third-order valence-corrected chi connectivity index (χ3v) is 3.08. The average Bonchev–Trinajstić information content (AvgIpc) is 2.86. The summed E-state index contributed by atoms with van der Waals surface area (Å²) in [6.45, 7) is 4.96. The number of halogens is 1. The second-order valence-corrected chi connectivity index (χ2v) is 4.40. The third-order valence-electron chi connectivity index (χ3n) is 2.64. The van der Waals surface area contributed by atoms with Crippen molar-refractivity contribution < 1.29 is 4.52 Å². The molecule has 0 radical (unpaired) electrons. The summed E-state index contributed by atoms with van der Waals surface area (Å²) in [6, 6.07) is 0. The van der Waals surface area contributed by atoms with E-state index < -0.39 is 0 Å². The highest BCUT2D eigenvalue weighted by atomic mass is 35.5. The summed E-state index contributed by atoms with van der Waals surface area (Å²) in [5.41, 5.74) is 1.88. The topological polar surface area (TPSA) is 68.8 Å². The van der Waals surface area contributed by atoms with Crippen molar-refractivity contribution in [3.63, 3.8) is 0 Å². The van der Waals surface area contributed by atoms with Crippen LogP contribution < -0.4 is 5.32 Å². The maximum atomic E-state index is 6.24. The molecule has 18 heavy (non-hydrogen) atoms. The summed E-state index contributed by atoms with van der Waals surface area (Å²) >= 11 is 6.24. The van der Waals surface area contributed by atoms with Crippen LogP contribution in [0.5, 0.6) is 0 Å². The van der Waals surface area contributed by atoms with Crippen LogP contribution in [-0.2, 0) is 26.6 Å². The standard InChI is InChI=1S/C11H16ClN5O/c1-4-8-11(12)9(17(3)15-8)5-13-6-10-14-7(2)16-18-10/h13H,4-6H2,1-3H3. The molecule has 0 atom stereocenters. The average molecular weight is 270 g/mol. The Balaban J connectivity index is 1.96. The number of rotatable bonds is 5. The number of hydrogen-bond acceptors (Lipinski definition) is 5. The first kappa shape index (κ1) is 13.0. The Morgan fingerprint density at radius 3 is 2.72 bits per heavy atom. The van der Waals surface area contributed by atoms with E-state index in [1.807, 2.05) is 14.0 Å². The van der Waals surface area contributed by atoms with E-state index in [9.17, 15) is 0 Å². The van der Waals surface area contributed by atoms with Crippen LogP contribution in [-0.4, -0.2) is 19.9 Å². The van der Waals surface area contributed by atoms with Crippen LogP contribution in [0.2, 0.25) is 5.02 Å². The van der Waals surface area contributed by atoms with Crippen LogP contribution in [0.1, 0.15) is 30.0 Å². The second kappa shape index (κ2) is 5.49. The predicted octanol–water partition coefficient (Wildman–Crippen LogP) is 1.62. The predicted molar refractivity (Wildman–Crippen MR) is 67.2 cm³/mol. The van der Waals surface area contributed by atoms with Crippen LogP contribution in [0.4, 0.5) is 0 Å². The molecule has 0 spiro atoms. The van der Waals surface area contributed by atoms with Crippen LogP contribution in [0.25, 0.3) is 0 Å². The van der Waals surface area contributed by atoms with Crippen molar-refractivity contribution in [1.82, 2.24) is 25.2 Å². The zero-order valence-corrected chi connectivity index (χ0v) is 11.5. The van der Waals surface area contributed by atoms with Crippen molar-refractivity contribution in [3.05, 3.63) is 28.1 Å². The minimum atomic E-state index is 0.518. The van der Waals surface area contributed by atoms with Gasteiger partial charge in [-0.2, -0.15) is 10.1 Å². The van der Waals surface area contributed by atoms with Crippen molar-refractivity contribution >= 4 is 11.6 Å². The number of nitrogens with one attached hydrogen (secondary N) is 1. The Morgan fingerprint density at radius 1 is 1.39 bits per heavy atom. The molecule has 0 fully saturated rings. The molecule has 98 valence electrons. The van der Waals surface area contributed by atoms with Crippen LogP contribution in [0.3, 0.4) is 0 Å². The number of aromatic nitrogens is 4. The molecule has 1 N–H and O–H groups in total. The van der Waals surface area contributed by atoms with Gasteiger partial charge in [-0.25, -0.2) is 0 Å². The van der Waals surface area contributed by atoms with Crippen LogP contribution in [0, 0.1) is 6.92 Å². The molecule has 0 unspecified atom stereocenters. The van der Waals surface area contributed by atoms with E-state index in [4.69, 9.17) is 16.1 Å². The van der Waals surface area contributed by atoms with Gasteiger partial charge in [-0.05, 0) is 13.3 Å². The highest BCUT2D eigenvalue weighted by molar-refractivity contribution is 6.31. The van der Waals surface area contributed by atoms with E-state index in [1.54, 1.807) is 11.6 Å². The lowest BCUT2D eigenvalue weighted by atomic mass is 10.3. The lowest BCUT2D eigenvalue weighted by molar-refractivity contribution is 0.363. The summed E-state index contributed by atoms with van der Waals surface area (Å²) in [7, 11) is 1.89. The normalized spacial score (nSPS) is 11.1. The van der Waals surface area contributed by atoms with Gasteiger partial charge in [0.15, 0.2) is 5.82 Å². The summed E-state index contributed by atoms with van der Waals surface area (Å²) in [4.78, 5) is 4.11. The summed E-state index contributed by atoms with van der Waals surface area (Å²) in [5.74, 6) is 1.21. The molecule has 7 heteroatoms. The molecule has 0 amide bonds. The largest absolute Gasteiger partial charge is 0.338 e. The molecule has 0 aliphatic rings. The van der Waals surface area contributed by atoms with Crippen molar-refractivity contribution in [1.29, 1.82) is 0 Å². The Morgan fingerprint density at radius 2 is 2.17 bits per heavy atom. The van der Waals surface area contributed by atoms with E-state index in [-0.39, 0.29) is 0 Å². The van der Waals surface area contributed by atoms with Crippen molar-refractivity contribution in [3.8, 4) is 0 Å². The van der Waals surface area contributed by atoms with Gasteiger partial charge in [-0.3, -0.25) is 4.68 Å². The van der Waals surface area contributed by atoms with Crippen molar-refractivity contribution in [2.45, 2.75) is 33.4 Å². The fraction of sp³-hybridized carbons (Fsp3) is 0.545. The molecule has 0 saturated carbocycles. The number of nitrogens with zero attached hydrogens (tertiary/aromatic N) is 4. The quantitative estimate of drug-likeness (QED) is 0.893. The van der Waals surface area contributed by atoms with Gasteiger partial charge in [0.25, 0.3) is 0 Å². The molecule has 2 heterocycles. The molecule has 2 rings (SSSR count). The summed E-state index contributed by atoms with van der Waals surface area (Å²) in [5, 5.41) is 12.0. The molecule has 0 bridgehead atoms. The smallest absolute Gasteiger partial charge is 0.240 e.